The van der Waals surface area contributed by atoms with Gasteiger partial charge >= 0.3 is 6.09 Å². The van der Waals surface area contributed by atoms with E-state index in [2.05, 4.69) is 22.1 Å². The molecule has 1 aromatic carbocycles. The lowest BCUT2D eigenvalue weighted by atomic mass is 10.2. The van der Waals surface area contributed by atoms with Gasteiger partial charge in [0, 0.05) is 24.3 Å². The Morgan fingerprint density at radius 1 is 1.15 bits per heavy atom. The second-order valence-electron chi connectivity index (χ2n) is 8.53. The van der Waals surface area contributed by atoms with Gasteiger partial charge < -0.3 is 24.4 Å². The number of aromatic nitrogens is 1. The minimum atomic E-state index is -3.08. The average molecular weight is 489 g/mol. The van der Waals surface area contributed by atoms with Crippen LogP contribution >= 0.6 is 7.37 Å². The van der Waals surface area contributed by atoms with Gasteiger partial charge in [-0.05, 0) is 70.5 Å². The Hall–Kier alpha value is -2.85. The summed E-state index contributed by atoms with van der Waals surface area (Å²) in [6.45, 7) is 9.63. The Kier molecular flexibility index (Phi) is 10.1. The van der Waals surface area contributed by atoms with E-state index in [1.807, 2.05) is 45.0 Å². The number of nitrogens with one attached hydrogen (secondary N) is 1. The average Bonchev–Trinajstić information content (AvgIpc) is 2.76. The van der Waals surface area contributed by atoms with Crippen molar-refractivity contribution in [1.29, 1.82) is 0 Å². The highest BCUT2D eigenvalue weighted by atomic mass is 31.2. The van der Waals surface area contributed by atoms with Gasteiger partial charge in [-0.1, -0.05) is 11.8 Å². The zero-order valence-electron chi connectivity index (χ0n) is 20.4. The predicted octanol–water partition coefficient (Wildman–Crippen LogP) is 3.84. The molecule has 2 aromatic rings. The van der Waals surface area contributed by atoms with Crippen LogP contribution in [0.4, 0.5) is 4.79 Å². The van der Waals surface area contributed by atoms with E-state index in [4.69, 9.17) is 14.0 Å². The zero-order valence-corrected chi connectivity index (χ0v) is 21.3. The fourth-order valence-corrected chi connectivity index (χ4v) is 4.10. The summed E-state index contributed by atoms with van der Waals surface area (Å²) < 4.78 is 28.9. The van der Waals surface area contributed by atoms with Crippen molar-refractivity contribution in [3.63, 3.8) is 0 Å². The zero-order chi connectivity index (χ0) is 25.2. The Morgan fingerprint density at radius 3 is 2.44 bits per heavy atom. The monoisotopic (exact) mass is 488 g/mol. The number of aliphatic hydroxyl groups is 1. The first kappa shape index (κ1) is 27.4. The molecule has 34 heavy (non-hydrogen) atoms. The van der Waals surface area contributed by atoms with E-state index in [0.29, 0.717) is 43.2 Å². The molecule has 9 heteroatoms. The molecule has 0 radical (unpaired) electrons. The van der Waals surface area contributed by atoms with E-state index in [0.717, 1.165) is 5.56 Å². The summed E-state index contributed by atoms with van der Waals surface area (Å²) in [5.41, 5.74) is 1.51. The maximum Gasteiger partial charge on any atom is 0.407 e. The van der Waals surface area contributed by atoms with Crippen molar-refractivity contribution in [3.05, 3.63) is 53.2 Å². The number of hydrogen-bond donors (Lipinski definition) is 2. The number of benzene rings is 1. The lowest BCUT2D eigenvalue weighted by Gasteiger charge is -2.19. The van der Waals surface area contributed by atoms with Gasteiger partial charge in [-0.2, -0.15) is 0 Å². The van der Waals surface area contributed by atoms with Crippen LogP contribution in [0.2, 0.25) is 0 Å². The van der Waals surface area contributed by atoms with Gasteiger partial charge in [0.25, 0.3) is 0 Å². The molecule has 1 amide bonds. The number of nitrogens with zero attached hydrogens (tertiary/aromatic N) is 1. The highest BCUT2D eigenvalue weighted by Gasteiger charge is 2.21. The number of carbonyl (C=O) groups excluding carboxylic acids is 1. The summed E-state index contributed by atoms with van der Waals surface area (Å²) in [4.78, 5) is 15.8. The minimum Gasteiger partial charge on any atom is -0.494 e. The van der Waals surface area contributed by atoms with Crippen molar-refractivity contribution in [2.75, 3.05) is 26.4 Å². The van der Waals surface area contributed by atoms with E-state index >= 15 is 0 Å². The highest BCUT2D eigenvalue weighted by Crippen LogP contribution is 2.40. The molecule has 184 valence electrons. The first-order chi connectivity index (χ1) is 16.0. The molecule has 8 nitrogen and oxygen atoms in total. The van der Waals surface area contributed by atoms with Gasteiger partial charge in [0.15, 0.2) is 0 Å². The van der Waals surface area contributed by atoms with Gasteiger partial charge in [-0.25, -0.2) is 9.78 Å². The van der Waals surface area contributed by atoms with Crippen molar-refractivity contribution in [2.24, 2.45) is 0 Å². The normalized spacial score (nSPS) is 12.8. The van der Waals surface area contributed by atoms with Gasteiger partial charge in [-0.15, -0.1) is 0 Å². The maximum atomic E-state index is 12.7. The van der Waals surface area contributed by atoms with Crippen LogP contribution in [-0.4, -0.2) is 48.2 Å². The fraction of sp³-hybridized carbons (Fsp3) is 0.440. The topological polar surface area (TPSA) is 107 Å². The van der Waals surface area contributed by atoms with Gasteiger partial charge in [0.1, 0.15) is 16.8 Å². The molecule has 0 saturated heterocycles. The van der Waals surface area contributed by atoms with Crippen molar-refractivity contribution in [1.82, 2.24) is 10.3 Å². The van der Waals surface area contributed by atoms with E-state index in [9.17, 15) is 14.5 Å². The van der Waals surface area contributed by atoms with Crippen molar-refractivity contribution in [3.8, 4) is 17.6 Å². The molecule has 0 aliphatic heterocycles. The third-order valence-corrected chi connectivity index (χ3v) is 6.09. The van der Waals surface area contributed by atoms with E-state index in [-0.39, 0.29) is 12.0 Å². The SMILES string of the molecule is CCOP(C)(=O)c1cc(C#Cc2ccc(OCCCNC(=O)OC(C)(C)C)cc2)cc(CO)n1. The molecule has 0 spiro atoms. The smallest absolute Gasteiger partial charge is 0.407 e. The molecular weight excluding hydrogens is 455 g/mol. The van der Waals surface area contributed by atoms with Gasteiger partial charge in [-0.3, -0.25) is 4.57 Å². The maximum absolute atomic E-state index is 12.7. The number of aliphatic hydroxyl groups excluding tert-OH is 1. The Bertz CT molecular complexity index is 1070. The molecule has 1 heterocycles. The molecule has 0 aliphatic rings. The molecule has 2 rings (SSSR count). The van der Waals surface area contributed by atoms with Crippen molar-refractivity contribution in [2.45, 2.75) is 46.3 Å². The summed E-state index contributed by atoms with van der Waals surface area (Å²) in [6, 6.07) is 10.6. The molecule has 1 atom stereocenters. The first-order valence-corrected chi connectivity index (χ1v) is 13.2. The first-order valence-electron chi connectivity index (χ1n) is 11.1. The Balaban J connectivity index is 1.93. The number of carbonyl (C=O) groups is 1. The molecule has 0 aliphatic carbocycles. The van der Waals surface area contributed by atoms with Crippen LogP contribution in [0.25, 0.3) is 0 Å². The Labute approximate surface area is 201 Å². The van der Waals surface area contributed by atoms with E-state index in [1.165, 1.54) is 6.66 Å². The molecular formula is C25H33N2O6P. The second-order valence-corrected chi connectivity index (χ2v) is 10.9. The van der Waals surface area contributed by atoms with Crippen LogP contribution < -0.4 is 15.5 Å². The predicted molar refractivity (Wildman–Crippen MR) is 132 cm³/mol. The number of ether oxygens (including phenoxy) is 2. The van der Waals surface area contributed by atoms with Crippen molar-refractivity contribution >= 4 is 18.9 Å². The van der Waals surface area contributed by atoms with Crippen LogP contribution in [0.5, 0.6) is 5.75 Å². The van der Waals surface area contributed by atoms with E-state index < -0.39 is 19.1 Å². The highest BCUT2D eigenvalue weighted by molar-refractivity contribution is 7.65. The summed E-state index contributed by atoms with van der Waals surface area (Å²) >= 11 is 0. The third kappa shape index (κ3) is 9.56. The second kappa shape index (κ2) is 12.6. The van der Waals surface area contributed by atoms with Crippen molar-refractivity contribution < 1.29 is 28.5 Å². The standard InChI is InChI=1S/C25H33N2O6P/c1-6-32-34(5,30)23-17-20(16-21(18-28)27-23)9-8-19-10-12-22(13-11-19)31-15-7-14-26-24(29)33-25(2,3)4/h10-13,16-17,28H,6-7,14-15,18H2,1-5H3,(H,26,29). The van der Waals surface area contributed by atoms with Crippen LogP contribution in [0, 0.1) is 11.8 Å². The van der Waals surface area contributed by atoms with Crippen LogP contribution in [0.1, 0.15) is 50.9 Å². The van der Waals surface area contributed by atoms with E-state index in [1.54, 1.807) is 19.1 Å². The molecule has 0 bridgehead atoms. The van der Waals surface area contributed by atoms with Crippen LogP contribution in [-0.2, 0) is 20.4 Å². The van der Waals surface area contributed by atoms with Crippen LogP contribution in [0.15, 0.2) is 36.4 Å². The van der Waals surface area contributed by atoms with Gasteiger partial charge in [0.2, 0.25) is 7.37 Å². The summed E-state index contributed by atoms with van der Waals surface area (Å²) in [5, 5.41) is 12.2. The third-order valence-electron chi connectivity index (χ3n) is 4.28. The number of rotatable bonds is 9. The number of hydrogen-bond acceptors (Lipinski definition) is 7. The lowest BCUT2D eigenvalue weighted by Crippen LogP contribution is -2.33. The molecule has 2 N–H and O–H groups in total. The summed E-state index contributed by atoms with van der Waals surface area (Å²) in [7, 11) is -3.08. The molecule has 1 aromatic heterocycles. The summed E-state index contributed by atoms with van der Waals surface area (Å²) in [5.74, 6) is 6.77. The minimum absolute atomic E-state index is 0.284. The molecule has 1 unspecified atom stereocenters. The summed E-state index contributed by atoms with van der Waals surface area (Å²) in [6.07, 6.45) is 0.198. The fourth-order valence-electron chi connectivity index (χ4n) is 2.79. The quantitative estimate of drug-likeness (QED) is 0.314. The lowest BCUT2D eigenvalue weighted by molar-refractivity contribution is 0.0525. The number of amides is 1. The van der Waals surface area contributed by atoms with Crippen LogP contribution in [0.3, 0.4) is 0 Å². The largest absolute Gasteiger partial charge is 0.494 e. The van der Waals surface area contributed by atoms with Gasteiger partial charge in [0.05, 0.1) is 25.5 Å². The number of alkyl carbamates (subject to hydrolysis) is 1. The molecule has 0 fully saturated rings. The molecule has 0 saturated carbocycles. The Morgan fingerprint density at radius 2 is 1.82 bits per heavy atom. The number of pyridine rings is 1.